The number of aryl methyl sites for hydroxylation is 1. The Balaban J connectivity index is 1.66. The highest BCUT2D eigenvalue weighted by molar-refractivity contribution is 6.04. The van der Waals surface area contributed by atoms with Crippen LogP contribution in [0.4, 0.5) is 5.69 Å². The van der Waals surface area contributed by atoms with Crippen LogP contribution in [0.15, 0.2) is 66.7 Å². The Bertz CT molecular complexity index is 965. The molecule has 0 atom stereocenters. The third-order valence-corrected chi connectivity index (χ3v) is 4.34. The minimum Gasteiger partial charge on any atom is -0.490 e. The lowest BCUT2D eigenvalue weighted by Crippen LogP contribution is -2.12. The molecule has 30 heavy (non-hydrogen) atoms. The van der Waals surface area contributed by atoms with Crippen LogP contribution in [-0.4, -0.2) is 19.1 Å². The van der Waals surface area contributed by atoms with E-state index in [-0.39, 0.29) is 5.91 Å². The van der Waals surface area contributed by atoms with Gasteiger partial charge in [0.15, 0.2) is 11.5 Å². The molecule has 0 aromatic heterocycles. The summed E-state index contributed by atoms with van der Waals surface area (Å²) in [6.07, 6.45) is 0.900. The Morgan fingerprint density at radius 2 is 1.50 bits per heavy atom. The molecule has 0 aliphatic carbocycles. The topological polar surface area (TPSA) is 56.8 Å². The van der Waals surface area contributed by atoms with Crippen molar-refractivity contribution in [2.24, 2.45) is 0 Å². The van der Waals surface area contributed by atoms with Gasteiger partial charge in [-0.2, -0.15) is 0 Å². The molecule has 0 saturated carbocycles. The summed E-state index contributed by atoms with van der Waals surface area (Å²) in [6, 6.07) is 20.3. The average molecular weight is 405 g/mol. The smallest absolute Gasteiger partial charge is 0.255 e. The van der Waals surface area contributed by atoms with Crippen LogP contribution in [0.2, 0.25) is 0 Å². The van der Waals surface area contributed by atoms with Gasteiger partial charge in [0.05, 0.1) is 13.2 Å². The molecule has 0 fully saturated rings. The van der Waals surface area contributed by atoms with Gasteiger partial charge >= 0.3 is 0 Å². The van der Waals surface area contributed by atoms with E-state index in [0.29, 0.717) is 41.7 Å². The number of anilines is 1. The number of hydrogen-bond acceptors (Lipinski definition) is 4. The summed E-state index contributed by atoms with van der Waals surface area (Å²) in [5.74, 6) is 2.47. The van der Waals surface area contributed by atoms with Crippen molar-refractivity contribution in [2.45, 2.75) is 27.2 Å². The van der Waals surface area contributed by atoms with Gasteiger partial charge in [-0.05, 0) is 74.9 Å². The highest BCUT2D eigenvalue weighted by Gasteiger charge is 2.12. The molecule has 3 aromatic rings. The number of nitrogens with one attached hydrogen (secondary N) is 1. The van der Waals surface area contributed by atoms with E-state index < -0.39 is 0 Å². The highest BCUT2D eigenvalue weighted by atomic mass is 16.5. The molecule has 3 aromatic carbocycles. The van der Waals surface area contributed by atoms with Gasteiger partial charge in [-0.15, -0.1) is 0 Å². The molecular formula is C25H27NO4. The van der Waals surface area contributed by atoms with E-state index in [4.69, 9.17) is 14.2 Å². The van der Waals surface area contributed by atoms with Crippen molar-refractivity contribution in [2.75, 3.05) is 18.5 Å². The predicted octanol–water partition coefficient (Wildman–Crippen LogP) is 6.23. The van der Waals surface area contributed by atoms with Gasteiger partial charge in [0.1, 0.15) is 11.5 Å². The van der Waals surface area contributed by atoms with Crippen molar-refractivity contribution in [1.82, 2.24) is 0 Å². The molecule has 0 spiro atoms. The van der Waals surface area contributed by atoms with Gasteiger partial charge < -0.3 is 19.5 Å². The van der Waals surface area contributed by atoms with Crippen LogP contribution in [0, 0.1) is 6.92 Å². The Kier molecular flexibility index (Phi) is 7.33. The molecule has 0 saturated heterocycles. The molecule has 3 rings (SSSR count). The first-order valence-electron chi connectivity index (χ1n) is 10.1. The minimum atomic E-state index is -0.217. The summed E-state index contributed by atoms with van der Waals surface area (Å²) in [4.78, 5) is 12.7. The Morgan fingerprint density at radius 3 is 2.13 bits per heavy atom. The van der Waals surface area contributed by atoms with Crippen LogP contribution in [0.1, 0.15) is 36.2 Å². The fraction of sp³-hybridized carbons (Fsp3) is 0.240. The molecule has 0 aliphatic rings. The van der Waals surface area contributed by atoms with E-state index in [0.717, 1.165) is 12.2 Å². The molecule has 5 heteroatoms. The number of amides is 1. The summed E-state index contributed by atoms with van der Waals surface area (Å²) in [5.41, 5.74) is 2.36. The molecule has 5 nitrogen and oxygen atoms in total. The second kappa shape index (κ2) is 10.3. The van der Waals surface area contributed by atoms with E-state index in [1.54, 1.807) is 18.2 Å². The number of carbonyl (C=O) groups is 1. The van der Waals surface area contributed by atoms with E-state index in [1.807, 2.05) is 69.3 Å². The molecule has 0 radical (unpaired) electrons. The van der Waals surface area contributed by atoms with Crippen molar-refractivity contribution < 1.29 is 19.0 Å². The number of rotatable bonds is 9. The zero-order valence-electron chi connectivity index (χ0n) is 17.6. The fourth-order valence-electron chi connectivity index (χ4n) is 2.80. The summed E-state index contributed by atoms with van der Waals surface area (Å²) in [6.45, 7) is 7.07. The molecule has 1 N–H and O–H groups in total. The Labute approximate surface area is 177 Å². The lowest BCUT2D eigenvalue weighted by atomic mass is 10.1. The third kappa shape index (κ3) is 5.77. The molecule has 156 valence electrons. The van der Waals surface area contributed by atoms with Crippen molar-refractivity contribution in [3.63, 3.8) is 0 Å². The van der Waals surface area contributed by atoms with Gasteiger partial charge in [0, 0.05) is 11.3 Å². The van der Waals surface area contributed by atoms with Gasteiger partial charge in [-0.1, -0.05) is 24.6 Å². The monoisotopic (exact) mass is 405 g/mol. The molecule has 0 aliphatic heterocycles. The lowest BCUT2D eigenvalue weighted by Gasteiger charge is -2.13. The lowest BCUT2D eigenvalue weighted by molar-refractivity contribution is 0.102. The summed E-state index contributed by atoms with van der Waals surface area (Å²) >= 11 is 0. The summed E-state index contributed by atoms with van der Waals surface area (Å²) in [5, 5.41) is 2.90. The summed E-state index contributed by atoms with van der Waals surface area (Å²) in [7, 11) is 0. The number of benzene rings is 3. The van der Waals surface area contributed by atoms with Crippen molar-refractivity contribution in [3.05, 3.63) is 77.9 Å². The quantitative estimate of drug-likeness (QED) is 0.459. The summed E-state index contributed by atoms with van der Waals surface area (Å²) < 4.78 is 17.1. The molecule has 1 amide bonds. The first-order valence-corrected chi connectivity index (χ1v) is 10.1. The van der Waals surface area contributed by atoms with Crippen molar-refractivity contribution in [3.8, 4) is 23.0 Å². The van der Waals surface area contributed by atoms with E-state index >= 15 is 0 Å². The second-order valence-corrected chi connectivity index (χ2v) is 6.84. The maximum atomic E-state index is 12.7. The van der Waals surface area contributed by atoms with E-state index in [1.165, 1.54) is 5.56 Å². The second-order valence-electron chi connectivity index (χ2n) is 6.84. The highest BCUT2D eigenvalue weighted by Crippen LogP contribution is 2.29. The zero-order valence-corrected chi connectivity index (χ0v) is 17.6. The maximum absolute atomic E-state index is 12.7. The SMILES string of the molecule is CCCOc1ccc(C(=O)Nc2ccc(Oc3ccc(C)cc3)cc2)cc1OCC. The number of hydrogen-bond donors (Lipinski definition) is 1. The van der Waals surface area contributed by atoms with Crippen molar-refractivity contribution >= 4 is 11.6 Å². The van der Waals surface area contributed by atoms with E-state index in [9.17, 15) is 4.79 Å². The zero-order chi connectivity index (χ0) is 21.3. The Hall–Kier alpha value is -3.47. The molecule has 0 bridgehead atoms. The molecular weight excluding hydrogens is 378 g/mol. The fourth-order valence-corrected chi connectivity index (χ4v) is 2.80. The number of carbonyl (C=O) groups excluding carboxylic acids is 1. The third-order valence-electron chi connectivity index (χ3n) is 4.34. The predicted molar refractivity (Wildman–Crippen MR) is 119 cm³/mol. The molecule has 0 heterocycles. The normalized spacial score (nSPS) is 10.4. The number of ether oxygens (including phenoxy) is 3. The minimum absolute atomic E-state index is 0.217. The van der Waals surface area contributed by atoms with Crippen LogP contribution < -0.4 is 19.5 Å². The molecule has 0 unspecified atom stereocenters. The average Bonchev–Trinajstić information content (AvgIpc) is 2.76. The van der Waals surface area contributed by atoms with Gasteiger partial charge in [0.25, 0.3) is 5.91 Å². The largest absolute Gasteiger partial charge is 0.490 e. The van der Waals surface area contributed by atoms with Crippen LogP contribution >= 0.6 is 0 Å². The standard InChI is InChI=1S/C25H27NO4/c1-4-16-29-23-15-8-19(17-24(23)28-5-2)25(27)26-20-9-13-22(14-10-20)30-21-11-6-18(3)7-12-21/h6-15,17H,4-5,16H2,1-3H3,(H,26,27). The first kappa shape index (κ1) is 21.2. The maximum Gasteiger partial charge on any atom is 0.255 e. The van der Waals surface area contributed by atoms with Crippen molar-refractivity contribution in [1.29, 1.82) is 0 Å². The van der Waals surface area contributed by atoms with Gasteiger partial charge in [0.2, 0.25) is 0 Å². The first-order chi connectivity index (χ1) is 14.6. The van der Waals surface area contributed by atoms with Crippen LogP contribution in [0.3, 0.4) is 0 Å². The van der Waals surface area contributed by atoms with E-state index in [2.05, 4.69) is 5.32 Å². The Morgan fingerprint density at radius 1 is 0.833 bits per heavy atom. The van der Waals surface area contributed by atoms with Crippen LogP contribution in [0.25, 0.3) is 0 Å². The van der Waals surface area contributed by atoms with Gasteiger partial charge in [-0.3, -0.25) is 4.79 Å². The van der Waals surface area contributed by atoms with Gasteiger partial charge in [-0.25, -0.2) is 0 Å². The van der Waals surface area contributed by atoms with Crippen LogP contribution in [0.5, 0.6) is 23.0 Å². The van der Waals surface area contributed by atoms with Crippen LogP contribution in [-0.2, 0) is 0 Å².